The zero-order valence-electron chi connectivity index (χ0n) is 29.7. The lowest BCUT2D eigenvalue weighted by Gasteiger charge is -2.22. The van der Waals surface area contributed by atoms with Crippen LogP contribution in [0.25, 0.3) is 99.9 Å². The van der Waals surface area contributed by atoms with Gasteiger partial charge < -0.3 is 4.42 Å². The topological polar surface area (TPSA) is 64.7 Å². The summed E-state index contributed by atoms with van der Waals surface area (Å²) in [6, 6.07) is 51.1. The second-order valence-corrected chi connectivity index (χ2v) is 14.7. The van der Waals surface area contributed by atoms with Crippen molar-refractivity contribution in [2.24, 2.45) is 0 Å². The second kappa shape index (κ2) is 11.5. The van der Waals surface area contributed by atoms with Gasteiger partial charge in [0.25, 0.3) is 0 Å². The fourth-order valence-corrected chi connectivity index (χ4v) is 8.55. The maximum Gasteiger partial charge on any atom is 0.164 e. The third kappa shape index (κ3) is 4.58. The molecule has 0 N–H and O–H groups in total. The number of para-hydroxylation sites is 1. The van der Waals surface area contributed by atoms with Crippen molar-refractivity contribution >= 4 is 43.5 Å². The molecule has 0 saturated carbocycles. The molecule has 5 heteroatoms. The fourth-order valence-electron chi connectivity index (χ4n) is 8.55. The van der Waals surface area contributed by atoms with Gasteiger partial charge in [-0.3, -0.25) is 4.98 Å². The molecule has 11 rings (SSSR count). The number of furan rings is 1. The highest BCUT2D eigenvalue weighted by Gasteiger charge is 2.35. The van der Waals surface area contributed by atoms with E-state index in [9.17, 15) is 0 Å². The molecule has 7 aromatic carbocycles. The third-order valence-corrected chi connectivity index (χ3v) is 11.2. The summed E-state index contributed by atoms with van der Waals surface area (Å²) in [6.07, 6.45) is 3.67. The molecule has 0 atom stereocenters. The summed E-state index contributed by atoms with van der Waals surface area (Å²) in [5.74, 6) is 1.78. The molecule has 3 aromatic heterocycles. The lowest BCUT2D eigenvalue weighted by atomic mass is 9.81. The number of benzene rings is 7. The molecule has 0 saturated heterocycles. The lowest BCUT2D eigenvalue weighted by molar-refractivity contribution is 0.661. The molecule has 0 aliphatic heterocycles. The minimum atomic E-state index is -0.0967. The smallest absolute Gasteiger partial charge is 0.164 e. The van der Waals surface area contributed by atoms with E-state index in [-0.39, 0.29) is 5.41 Å². The number of fused-ring (bicyclic) bond motifs is 9. The average Bonchev–Trinajstić information content (AvgIpc) is 3.71. The van der Waals surface area contributed by atoms with Crippen LogP contribution in [0.15, 0.2) is 162 Å². The van der Waals surface area contributed by atoms with Crippen LogP contribution in [0.3, 0.4) is 0 Å². The molecule has 0 radical (unpaired) electrons. The third-order valence-electron chi connectivity index (χ3n) is 11.2. The van der Waals surface area contributed by atoms with Gasteiger partial charge in [0, 0.05) is 50.8 Å². The molecule has 0 bridgehead atoms. The number of hydrogen-bond donors (Lipinski definition) is 0. The van der Waals surface area contributed by atoms with E-state index in [1.54, 1.807) is 6.20 Å². The maximum atomic E-state index is 6.31. The predicted molar refractivity (Wildman–Crippen MR) is 219 cm³/mol. The fraction of sp³-hybridized carbons (Fsp3) is 0.0612. The number of pyridine rings is 1. The molecule has 1 aliphatic rings. The Hall–Kier alpha value is -6.98. The van der Waals surface area contributed by atoms with E-state index in [2.05, 4.69) is 122 Å². The van der Waals surface area contributed by atoms with Gasteiger partial charge in [0.15, 0.2) is 17.5 Å². The van der Waals surface area contributed by atoms with Crippen LogP contribution in [0.4, 0.5) is 0 Å². The molecule has 3 heterocycles. The van der Waals surface area contributed by atoms with Crippen LogP contribution in [-0.4, -0.2) is 19.9 Å². The van der Waals surface area contributed by atoms with Crippen LogP contribution in [0.1, 0.15) is 25.0 Å². The second-order valence-electron chi connectivity index (χ2n) is 14.7. The van der Waals surface area contributed by atoms with Crippen molar-refractivity contribution in [3.63, 3.8) is 0 Å². The van der Waals surface area contributed by atoms with E-state index in [0.717, 1.165) is 55.1 Å². The molecule has 10 aromatic rings. The van der Waals surface area contributed by atoms with E-state index in [0.29, 0.717) is 17.5 Å². The first-order chi connectivity index (χ1) is 26.5. The number of nitrogens with zero attached hydrogens (tertiary/aromatic N) is 4. The van der Waals surface area contributed by atoms with Crippen molar-refractivity contribution < 1.29 is 4.42 Å². The van der Waals surface area contributed by atoms with Crippen LogP contribution in [-0.2, 0) is 5.41 Å². The molecule has 0 spiro atoms. The number of hydrogen-bond acceptors (Lipinski definition) is 5. The lowest BCUT2D eigenvalue weighted by Crippen LogP contribution is -2.14. The van der Waals surface area contributed by atoms with Gasteiger partial charge in [-0.2, -0.15) is 0 Å². The van der Waals surface area contributed by atoms with E-state index in [1.807, 2.05) is 48.7 Å². The standard InChI is InChI=1S/C49H32N4O/c1-49(2)42-18-7-5-13-35(42)41-25-29-20-22-34-33(40(29)27-43(41)49)16-9-17-39(34)48-52-46(30-21-23-37-36-14-6-8-19-44(36)54-45(37)26-30)51-47(53-48)38-15-4-3-12-32(38)31-11-10-24-50-28-31/h3-28H,1-2H3. The largest absolute Gasteiger partial charge is 0.456 e. The Morgan fingerprint density at radius 3 is 2.00 bits per heavy atom. The van der Waals surface area contributed by atoms with E-state index >= 15 is 0 Å². The van der Waals surface area contributed by atoms with E-state index < -0.39 is 0 Å². The van der Waals surface area contributed by atoms with Gasteiger partial charge in [0.05, 0.1) is 0 Å². The van der Waals surface area contributed by atoms with Crippen LogP contribution < -0.4 is 0 Å². The van der Waals surface area contributed by atoms with Gasteiger partial charge in [-0.05, 0) is 85.8 Å². The van der Waals surface area contributed by atoms with E-state index in [1.165, 1.54) is 38.4 Å². The summed E-state index contributed by atoms with van der Waals surface area (Å²) in [7, 11) is 0. The van der Waals surface area contributed by atoms with Crippen molar-refractivity contribution in [2.45, 2.75) is 19.3 Å². The predicted octanol–water partition coefficient (Wildman–Crippen LogP) is 12.4. The Morgan fingerprint density at radius 1 is 0.426 bits per heavy atom. The summed E-state index contributed by atoms with van der Waals surface area (Å²) in [5, 5.41) is 6.84. The highest BCUT2D eigenvalue weighted by atomic mass is 16.3. The first-order valence-corrected chi connectivity index (χ1v) is 18.3. The Balaban J connectivity index is 1.14. The normalized spacial score (nSPS) is 13.1. The molecule has 1 aliphatic carbocycles. The summed E-state index contributed by atoms with van der Waals surface area (Å²) < 4.78 is 6.31. The van der Waals surface area contributed by atoms with E-state index in [4.69, 9.17) is 19.4 Å². The number of aromatic nitrogens is 4. The number of rotatable bonds is 4. The van der Waals surface area contributed by atoms with Gasteiger partial charge in [-0.15, -0.1) is 0 Å². The zero-order chi connectivity index (χ0) is 36.0. The van der Waals surface area contributed by atoms with Crippen molar-refractivity contribution in [1.82, 2.24) is 19.9 Å². The zero-order valence-corrected chi connectivity index (χ0v) is 29.7. The molecule has 5 nitrogen and oxygen atoms in total. The molecule has 0 unspecified atom stereocenters. The quantitative estimate of drug-likeness (QED) is 0.172. The summed E-state index contributed by atoms with van der Waals surface area (Å²) in [4.78, 5) is 20.1. The van der Waals surface area contributed by atoms with Crippen molar-refractivity contribution in [3.8, 4) is 56.4 Å². The Bertz CT molecular complexity index is 3140. The van der Waals surface area contributed by atoms with Crippen LogP contribution >= 0.6 is 0 Å². The Kier molecular flexibility index (Phi) is 6.53. The first kappa shape index (κ1) is 30.6. The molecular weight excluding hydrogens is 661 g/mol. The average molecular weight is 693 g/mol. The van der Waals surface area contributed by atoms with Crippen LogP contribution in [0, 0.1) is 0 Å². The van der Waals surface area contributed by atoms with Gasteiger partial charge in [-0.1, -0.05) is 123 Å². The molecule has 254 valence electrons. The van der Waals surface area contributed by atoms with Crippen LogP contribution in [0.2, 0.25) is 0 Å². The Morgan fingerprint density at radius 2 is 1.13 bits per heavy atom. The molecule has 0 amide bonds. The van der Waals surface area contributed by atoms with Crippen molar-refractivity contribution in [2.75, 3.05) is 0 Å². The summed E-state index contributed by atoms with van der Waals surface area (Å²) in [5.41, 5.74) is 11.6. The highest BCUT2D eigenvalue weighted by Crippen LogP contribution is 2.50. The van der Waals surface area contributed by atoms with Gasteiger partial charge in [0.1, 0.15) is 11.2 Å². The monoisotopic (exact) mass is 692 g/mol. The molecule has 0 fully saturated rings. The highest BCUT2D eigenvalue weighted by molar-refractivity contribution is 6.13. The minimum Gasteiger partial charge on any atom is -0.456 e. The summed E-state index contributed by atoms with van der Waals surface area (Å²) in [6.45, 7) is 4.67. The van der Waals surface area contributed by atoms with Crippen LogP contribution in [0.5, 0.6) is 0 Å². The van der Waals surface area contributed by atoms with Crippen molar-refractivity contribution in [1.29, 1.82) is 0 Å². The van der Waals surface area contributed by atoms with Gasteiger partial charge >= 0.3 is 0 Å². The van der Waals surface area contributed by atoms with Gasteiger partial charge in [0.2, 0.25) is 0 Å². The van der Waals surface area contributed by atoms with Gasteiger partial charge in [-0.25, -0.2) is 15.0 Å². The summed E-state index contributed by atoms with van der Waals surface area (Å²) >= 11 is 0. The van der Waals surface area contributed by atoms with Crippen molar-refractivity contribution in [3.05, 3.63) is 169 Å². The molecular formula is C49H32N4O. The Labute approximate surface area is 311 Å². The SMILES string of the molecule is CC1(C)c2ccccc2-c2cc3ccc4c(-c5nc(-c6ccc7c(c6)oc6ccccc67)nc(-c6ccccc6-c6cccnc6)n5)cccc4c3cc21. The molecule has 54 heavy (non-hydrogen) atoms. The maximum absolute atomic E-state index is 6.31. The first-order valence-electron chi connectivity index (χ1n) is 18.3. The minimum absolute atomic E-state index is 0.0967.